The van der Waals surface area contributed by atoms with Gasteiger partial charge in [-0.1, -0.05) is 11.6 Å². The summed E-state index contributed by atoms with van der Waals surface area (Å²) in [6, 6.07) is 3.69. The quantitative estimate of drug-likeness (QED) is 0.713. The van der Waals surface area contributed by atoms with E-state index in [-0.39, 0.29) is 5.03 Å². The highest BCUT2D eigenvalue weighted by molar-refractivity contribution is 7.89. The van der Waals surface area contributed by atoms with E-state index in [4.69, 9.17) is 11.6 Å². The van der Waals surface area contributed by atoms with Crippen molar-refractivity contribution in [1.29, 1.82) is 0 Å². The van der Waals surface area contributed by atoms with Crippen molar-refractivity contribution < 1.29 is 8.42 Å². The average molecular weight is 335 g/mol. The van der Waals surface area contributed by atoms with E-state index in [0.717, 1.165) is 4.88 Å². The molecule has 0 atom stereocenters. The molecule has 9 heteroatoms. The lowest BCUT2D eigenvalue weighted by Crippen LogP contribution is -2.27. The van der Waals surface area contributed by atoms with Crippen LogP contribution < -0.4 is 10.0 Å². The smallest absolute Gasteiger partial charge is 0.257 e. The first-order valence-electron chi connectivity index (χ1n) is 5.93. The molecule has 0 saturated carbocycles. The highest BCUT2D eigenvalue weighted by Gasteiger charge is 2.19. The third kappa shape index (κ3) is 3.80. The Balaban J connectivity index is 1.98. The van der Waals surface area contributed by atoms with Crippen molar-refractivity contribution >= 4 is 33.0 Å². The van der Waals surface area contributed by atoms with Crippen molar-refractivity contribution in [1.82, 2.24) is 20.2 Å². The van der Waals surface area contributed by atoms with E-state index >= 15 is 0 Å². The SMILES string of the molecule is CNCc1cn[nH]c1S(=O)(=O)NCCc1ccc(Cl)s1. The Bertz CT molecular complexity index is 666. The molecule has 2 aromatic rings. The summed E-state index contributed by atoms with van der Waals surface area (Å²) in [6.45, 7) is 0.754. The highest BCUT2D eigenvalue weighted by atomic mass is 35.5. The summed E-state index contributed by atoms with van der Waals surface area (Å²) >= 11 is 7.27. The Hall–Kier alpha value is -0.930. The van der Waals surface area contributed by atoms with Crippen LogP contribution in [0.25, 0.3) is 0 Å². The van der Waals surface area contributed by atoms with Crippen LogP contribution in [0.2, 0.25) is 4.34 Å². The lowest BCUT2D eigenvalue weighted by molar-refractivity contribution is 0.575. The standard InChI is InChI=1S/C11H15ClN4O2S2/c1-13-6-8-7-14-16-11(8)20(17,18)15-5-4-9-2-3-10(12)19-9/h2-3,7,13,15H,4-6H2,1H3,(H,14,16). The van der Waals surface area contributed by atoms with Crippen molar-refractivity contribution in [3.8, 4) is 0 Å². The number of aromatic nitrogens is 2. The minimum Gasteiger partial charge on any atom is -0.316 e. The first-order chi connectivity index (χ1) is 9.53. The molecule has 0 aliphatic carbocycles. The molecule has 0 fully saturated rings. The first-order valence-corrected chi connectivity index (χ1v) is 8.61. The van der Waals surface area contributed by atoms with Gasteiger partial charge in [-0.25, -0.2) is 13.1 Å². The van der Waals surface area contributed by atoms with Crippen LogP contribution in [0.3, 0.4) is 0 Å². The maximum Gasteiger partial charge on any atom is 0.257 e. The molecule has 0 unspecified atom stereocenters. The minimum absolute atomic E-state index is 0.107. The number of nitrogens with zero attached hydrogens (tertiary/aromatic N) is 1. The molecule has 0 spiro atoms. The second kappa shape index (κ2) is 6.68. The molecule has 0 amide bonds. The lowest BCUT2D eigenvalue weighted by atomic mass is 10.3. The fourth-order valence-corrected chi connectivity index (χ4v) is 3.96. The first kappa shape index (κ1) is 15.5. The topological polar surface area (TPSA) is 86.9 Å². The molecule has 0 bridgehead atoms. The largest absolute Gasteiger partial charge is 0.316 e. The molecule has 0 aliphatic rings. The van der Waals surface area contributed by atoms with E-state index in [1.165, 1.54) is 17.5 Å². The number of nitrogens with one attached hydrogen (secondary N) is 3. The number of halogens is 1. The van der Waals surface area contributed by atoms with Crippen LogP contribution in [0.1, 0.15) is 10.4 Å². The van der Waals surface area contributed by atoms with Gasteiger partial charge in [0.1, 0.15) is 0 Å². The summed E-state index contributed by atoms with van der Waals surface area (Å²) in [4.78, 5) is 1.04. The van der Waals surface area contributed by atoms with Crippen LogP contribution >= 0.6 is 22.9 Å². The van der Waals surface area contributed by atoms with Crippen molar-refractivity contribution in [2.75, 3.05) is 13.6 Å². The van der Waals surface area contributed by atoms with Gasteiger partial charge in [-0.15, -0.1) is 11.3 Å². The summed E-state index contributed by atoms with van der Waals surface area (Å²) < 4.78 is 27.6. The molecule has 3 N–H and O–H groups in total. The van der Waals surface area contributed by atoms with E-state index in [2.05, 4.69) is 20.2 Å². The maximum absolute atomic E-state index is 12.2. The van der Waals surface area contributed by atoms with E-state index in [1.807, 2.05) is 6.07 Å². The Kier molecular flexibility index (Phi) is 5.17. The number of hydrogen-bond acceptors (Lipinski definition) is 5. The second-order valence-electron chi connectivity index (χ2n) is 4.11. The Morgan fingerprint density at radius 1 is 1.45 bits per heavy atom. The van der Waals surface area contributed by atoms with Gasteiger partial charge in [0.15, 0.2) is 5.03 Å². The summed E-state index contributed by atoms with van der Waals surface area (Å²) in [5.41, 5.74) is 0.610. The number of aromatic amines is 1. The van der Waals surface area contributed by atoms with Crippen LogP contribution in [-0.4, -0.2) is 32.2 Å². The Morgan fingerprint density at radius 2 is 2.25 bits per heavy atom. The fourth-order valence-electron chi connectivity index (χ4n) is 1.72. The lowest BCUT2D eigenvalue weighted by Gasteiger charge is -2.06. The van der Waals surface area contributed by atoms with Crippen molar-refractivity contribution in [3.05, 3.63) is 33.1 Å². The Labute approximate surface area is 126 Å². The van der Waals surface area contributed by atoms with E-state index in [0.29, 0.717) is 29.4 Å². The van der Waals surface area contributed by atoms with E-state index < -0.39 is 10.0 Å². The van der Waals surface area contributed by atoms with Gasteiger partial charge < -0.3 is 5.32 Å². The monoisotopic (exact) mass is 334 g/mol. The molecule has 0 aliphatic heterocycles. The third-order valence-electron chi connectivity index (χ3n) is 2.61. The van der Waals surface area contributed by atoms with Gasteiger partial charge in [-0.3, -0.25) is 5.10 Å². The maximum atomic E-state index is 12.2. The number of H-pyrrole nitrogens is 1. The van der Waals surface area contributed by atoms with Gasteiger partial charge >= 0.3 is 0 Å². The molecule has 2 aromatic heterocycles. The number of rotatable bonds is 7. The molecular formula is C11H15ClN4O2S2. The van der Waals surface area contributed by atoms with Gasteiger partial charge in [0.2, 0.25) is 0 Å². The molecule has 0 aromatic carbocycles. The van der Waals surface area contributed by atoms with Crippen LogP contribution in [0, 0.1) is 0 Å². The molecule has 0 saturated heterocycles. The van der Waals surface area contributed by atoms with Gasteiger partial charge in [-0.05, 0) is 25.6 Å². The number of thiophene rings is 1. The molecule has 6 nitrogen and oxygen atoms in total. The molecular weight excluding hydrogens is 320 g/mol. The van der Waals surface area contributed by atoms with Crippen molar-refractivity contribution in [2.24, 2.45) is 0 Å². The molecule has 110 valence electrons. The summed E-state index contributed by atoms with van der Waals surface area (Å²) in [5, 5.41) is 9.31. The number of sulfonamides is 1. The molecule has 2 heterocycles. The fraction of sp³-hybridized carbons (Fsp3) is 0.364. The molecule has 0 radical (unpaired) electrons. The van der Waals surface area contributed by atoms with Crippen molar-refractivity contribution in [2.45, 2.75) is 18.0 Å². The van der Waals surface area contributed by atoms with E-state index in [1.54, 1.807) is 13.1 Å². The van der Waals surface area contributed by atoms with Crippen LogP contribution in [0.4, 0.5) is 0 Å². The number of hydrogen-bond donors (Lipinski definition) is 3. The van der Waals surface area contributed by atoms with Crippen molar-refractivity contribution in [3.63, 3.8) is 0 Å². The Morgan fingerprint density at radius 3 is 2.90 bits per heavy atom. The predicted octanol–water partition coefficient (Wildman–Crippen LogP) is 1.37. The van der Waals surface area contributed by atoms with Crippen LogP contribution in [0.15, 0.2) is 23.4 Å². The van der Waals surface area contributed by atoms with Gasteiger partial charge in [-0.2, -0.15) is 5.10 Å². The summed E-state index contributed by atoms with van der Waals surface area (Å²) in [7, 11) is -1.82. The van der Waals surface area contributed by atoms with E-state index in [9.17, 15) is 8.42 Å². The summed E-state index contributed by atoms with van der Waals surface area (Å²) in [5.74, 6) is 0. The average Bonchev–Trinajstić information content (AvgIpc) is 2.99. The van der Waals surface area contributed by atoms with Crippen LogP contribution in [0.5, 0.6) is 0 Å². The zero-order valence-corrected chi connectivity index (χ0v) is 13.2. The third-order valence-corrected chi connectivity index (χ3v) is 5.37. The zero-order valence-electron chi connectivity index (χ0n) is 10.8. The van der Waals surface area contributed by atoms with Gasteiger partial charge in [0, 0.05) is 23.5 Å². The van der Waals surface area contributed by atoms with Crippen LogP contribution in [-0.2, 0) is 23.0 Å². The van der Waals surface area contributed by atoms with Gasteiger partial charge in [0.25, 0.3) is 10.0 Å². The highest BCUT2D eigenvalue weighted by Crippen LogP contribution is 2.21. The summed E-state index contributed by atoms with van der Waals surface area (Å²) in [6.07, 6.45) is 2.11. The molecule has 20 heavy (non-hydrogen) atoms. The predicted molar refractivity (Wildman–Crippen MR) is 79.6 cm³/mol. The zero-order chi connectivity index (χ0) is 14.6. The minimum atomic E-state index is -3.57. The second-order valence-corrected chi connectivity index (χ2v) is 7.61. The van der Waals surface area contributed by atoms with Gasteiger partial charge in [0.05, 0.1) is 10.5 Å². The molecule has 2 rings (SSSR count). The normalized spacial score (nSPS) is 11.9.